The van der Waals surface area contributed by atoms with Crippen LogP contribution in [0.2, 0.25) is 0 Å². The third-order valence-electron chi connectivity index (χ3n) is 3.35. The first-order valence-corrected chi connectivity index (χ1v) is 7.89. The van der Waals surface area contributed by atoms with E-state index < -0.39 is 0 Å². The van der Waals surface area contributed by atoms with Crippen LogP contribution >= 0.6 is 0 Å². The van der Waals surface area contributed by atoms with Gasteiger partial charge in [0.1, 0.15) is 17.2 Å². The molecule has 2 N–H and O–H groups in total. The van der Waals surface area contributed by atoms with Gasteiger partial charge in [-0.2, -0.15) is 0 Å². The zero-order valence-corrected chi connectivity index (χ0v) is 14.2. The van der Waals surface area contributed by atoms with Crippen LogP contribution in [0.3, 0.4) is 0 Å². The van der Waals surface area contributed by atoms with Gasteiger partial charge in [0.05, 0.1) is 13.7 Å². The van der Waals surface area contributed by atoms with E-state index >= 15 is 0 Å². The zero-order chi connectivity index (χ0) is 17.2. The molecule has 0 aliphatic carbocycles. The number of ether oxygens (including phenoxy) is 1. The molecule has 1 aromatic carbocycles. The topological polar surface area (TPSA) is 71.7 Å². The van der Waals surface area contributed by atoms with E-state index in [0.717, 1.165) is 36.1 Å². The monoisotopic (exact) mass is 328 g/mol. The fourth-order valence-corrected chi connectivity index (χ4v) is 2.11. The lowest BCUT2D eigenvalue weighted by Crippen LogP contribution is -2.38. The molecular weight excluding hydrogens is 304 g/mol. The van der Waals surface area contributed by atoms with Crippen molar-refractivity contribution >= 4 is 5.96 Å². The van der Waals surface area contributed by atoms with E-state index in [2.05, 4.69) is 39.5 Å². The van der Waals surface area contributed by atoms with Crippen molar-refractivity contribution in [2.24, 2.45) is 4.99 Å². The van der Waals surface area contributed by atoms with Gasteiger partial charge in [-0.25, -0.2) is 4.99 Å². The van der Waals surface area contributed by atoms with Crippen LogP contribution in [0.15, 0.2) is 52.5 Å². The summed E-state index contributed by atoms with van der Waals surface area (Å²) in [5.41, 5.74) is 2.04. The van der Waals surface area contributed by atoms with E-state index in [9.17, 15) is 0 Å². The second kappa shape index (κ2) is 9.39. The first-order valence-electron chi connectivity index (χ1n) is 7.89. The molecule has 24 heavy (non-hydrogen) atoms. The second-order valence-electron chi connectivity index (χ2n) is 5.29. The van der Waals surface area contributed by atoms with Gasteiger partial charge in [-0.05, 0) is 31.0 Å². The van der Waals surface area contributed by atoms with E-state index in [1.807, 2.05) is 25.1 Å². The molecule has 0 amide bonds. The highest BCUT2D eigenvalue weighted by Crippen LogP contribution is 2.11. The van der Waals surface area contributed by atoms with Crippen molar-refractivity contribution in [3.63, 3.8) is 0 Å². The van der Waals surface area contributed by atoms with Crippen LogP contribution in [0.25, 0.3) is 0 Å². The summed E-state index contributed by atoms with van der Waals surface area (Å²) >= 11 is 0. The molecule has 0 fully saturated rings. The number of benzene rings is 1. The van der Waals surface area contributed by atoms with E-state index in [0.29, 0.717) is 13.1 Å². The molecule has 0 radical (unpaired) electrons. The summed E-state index contributed by atoms with van der Waals surface area (Å²) < 4.78 is 10.2. The van der Waals surface area contributed by atoms with Crippen LogP contribution in [-0.2, 0) is 13.0 Å². The van der Waals surface area contributed by atoms with Crippen molar-refractivity contribution < 1.29 is 9.26 Å². The molecule has 0 spiro atoms. The SMILES string of the molecule is C=CCNC(=NCc1cc(C)on1)NCCc1ccc(OC)cc1. The van der Waals surface area contributed by atoms with Crippen LogP contribution < -0.4 is 15.4 Å². The Morgan fingerprint density at radius 1 is 1.33 bits per heavy atom. The minimum Gasteiger partial charge on any atom is -0.497 e. The van der Waals surface area contributed by atoms with Gasteiger partial charge in [-0.1, -0.05) is 23.4 Å². The average Bonchev–Trinajstić information content (AvgIpc) is 3.02. The van der Waals surface area contributed by atoms with Gasteiger partial charge >= 0.3 is 0 Å². The molecule has 0 aliphatic rings. The molecule has 1 heterocycles. The Morgan fingerprint density at radius 3 is 2.75 bits per heavy atom. The van der Waals surface area contributed by atoms with E-state index in [-0.39, 0.29) is 0 Å². The molecule has 6 nitrogen and oxygen atoms in total. The molecular formula is C18H24N4O2. The summed E-state index contributed by atoms with van der Waals surface area (Å²) in [4.78, 5) is 4.51. The second-order valence-corrected chi connectivity index (χ2v) is 5.29. The van der Waals surface area contributed by atoms with Crippen molar-refractivity contribution in [1.82, 2.24) is 15.8 Å². The summed E-state index contributed by atoms with van der Waals surface area (Å²) in [7, 11) is 1.67. The maximum atomic E-state index is 5.16. The smallest absolute Gasteiger partial charge is 0.191 e. The van der Waals surface area contributed by atoms with E-state index in [4.69, 9.17) is 9.26 Å². The van der Waals surface area contributed by atoms with Gasteiger partial charge in [0.2, 0.25) is 0 Å². The van der Waals surface area contributed by atoms with Gasteiger partial charge in [0.15, 0.2) is 5.96 Å². The quantitative estimate of drug-likeness (QED) is 0.442. The Morgan fingerprint density at radius 2 is 2.12 bits per heavy atom. The van der Waals surface area contributed by atoms with Crippen LogP contribution in [0, 0.1) is 6.92 Å². The molecule has 0 aliphatic heterocycles. The Labute approximate surface area is 142 Å². The van der Waals surface area contributed by atoms with Crippen molar-refractivity contribution in [2.45, 2.75) is 19.9 Å². The number of hydrogen-bond acceptors (Lipinski definition) is 4. The number of rotatable bonds is 8. The Balaban J connectivity index is 1.86. The molecule has 2 aromatic rings. The third kappa shape index (κ3) is 5.79. The minimum atomic E-state index is 0.465. The summed E-state index contributed by atoms with van der Waals surface area (Å²) in [6, 6.07) is 9.94. The Bertz CT molecular complexity index is 662. The number of methoxy groups -OCH3 is 1. The molecule has 0 unspecified atom stereocenters. The predicted octanol–water partition coefficient (Wildman–Crippen LogP) is 2.46. The molecule has 128 valence electrons. The number of aliphatic imine (C=N–C) groups is 1. The van der Waals surface area contributed by atoms with E-state index in [1.165, 1.54) is 5.56 Å². The van der Waals surface area contributed by atoms with Gasteiger partial charge in [-0.15, -0.1) is 6.58 Å². The number of aryl methyl sites for hydroxylation is 1. The molecule has 0 saturated heterocycles. The first kappa shape index (κ1) is 17.6. The highest BCUT2D eigenvalue weighted by molar-refractivity contribution is 5.79. The summed E-state index contributed by atoms with van der Waals surface area (Å²) in [6.45, 7) is 7.46. The minimum absolute atomic E-state index is 0.465. The Kier molecular flexibility index (Phi) is 6.89. The van der Waals surface area contributed by atoms with Crippen LogP contribution in [0.1, 0.15) is 17.0 Å². The highest BCUT2D eigenvalue weighted by Gasteiger charge is 2.02. The zero-order valence-electron chi connectivity index (χ0n) is 14.2. The number of aromatic nitrogens is 1. The van der Waals surface area contributed by atoms with Crippen molar-refractivity contribution in [1.29, 1.82) is 0 Å². The van der Waals surface area contributed by atoms with Crippen LogP contribution in [0.4, 0.5) is 0 Å². The Hall–Kier alpha value is -2.76. The number of nitrogens with zero attached hydrogens (tertiary/aromatic N) is 2. The van der Waals surface area contributed by atoms with Crippen molar-refractivity contribution in [2.75, 3.05) is 20.2 Å². The lowest BCUT2D eigenvalue weighted by Gasteiger charge is -2.11. The predicted molar refractivity (Wildman–Crippen MR) is 95.3 cm³/mol. The first-order chi connectivity index (χ1) is 11.7. The molecule has 2 rings (SSSR count). The summed E-state index contributed by atoms with van der Waals surface area (Å²) in [5, 5.41) is 10.4. The largest absolute Gasteiger partial charge is 0.497 e. The van der Waals surface area contributed by atoms with Crippen molar-refractivity contribution in [3.05, 3.63) is 60.0 Å². The lowest BCUT2D eigenvalue weighted by molar-refractivity contribution is 0.391. The van der Waals surface area contributed by atoms with Gasteiger partial charge in [-0.3, -0.25) is 0 Å². The van der Waals surface area contributed by atoms with Crippen LogP contribution in [-0.4, -0.2) is 31.3 Å². The average molecular weight is 328 g/mol. The normalized spacial score (nSPS) is 11.2. The van der Waals surface area contributed by atoms with Crippen LogP contribution in [0.5, 0.6) is 5.75 Å². The number of hydrogen-bond donors (Lipinski definition) is 2. The maximum Gasteiger partial charge on any atom is 0.191 e. The highest BCUT2D eigenvalue weighted by atomic mass is 16.5. The molecule has 0 atom stereocenters. The molecule has 6 heteroatoms. The van der Waals surface area contributed by atoms with Gasteiger partial charge in [0, 0.05) is 19.2 Å². The summed E-state index contributed by atoms with van der Waals surface area (Å²) in [5.74, 6) is 2.38. The maximum absolute atomic E-state index is 5.16. The third-order valence-corrected chi connectivity index (χ3v) is 3.35. The van der Waals surface area contributed by atoms with Crippen molar-refractivity contribution in [3.8, 4) is 5.75 Å². The van der Waals surface area contributed by atoms with Gasteiger partial charge in [0.25, 0.3) is 0 Å². The summed E-state index contributed by atoms with van der Waals surface area (Å²) in [6.07, 6.45) is 2.68. The molecule has 1 aromatic heterocycles. The number of guanidine groups is 1. The fraction of sp³-hybridized carbons (Fsp3) is 0.333. The van der Waals surface area contributed by atoms with E-state index in [1.54, 1.807) is 13.2 Å². The fourth-order valence-electron chi connectivity index (χ4n) is 2.11. The molecule has 0 saturated carbocycles. The lowest BCUT2D eigenvalue weighted by atomic mass is 10.1. The number of nitrogens with one attached hydrogen (secondary N) is 2. The molecule has 0 bridgehead atoms. The standard InChI is InChI=1S/C18H24N4O2/c1-4-10-19-18(21-13-16-12-14(2)24-22-16)20-11-9-15-5-7-17(23-3)8-6-15/h4-8,12H,1,9-11,13H2,2-3H3,(H2,19,20,21). The van der Waals surface area contributed by atoms with Gasteiger partial charge < -0.3 is 19.9 Å².